The normalized spacial score (nSPS) is 11.3. The smallest absolute Gasteiger partial charge is 0.0608 e. The topological polar surface area (TPSA) is 17.3 Å². The molecule has 2 heterocycles. The van der Waals surface area contributed by atoms with Gasteiger partial charge in [-0.25, -0.2) is 0 Å². The van der Waals surface area contributed by atoms with Crippen LogP contribution in [0.2, 0.25) is 0 Å². The summed E-state index contributed by atoms with van der Waals surface area (Å²) in [5.41, 5.74) is 2.15. The Labute approximate surface area is 140 Å². The summed E-state index contributed by atoms with van der Waals surface area (Å²) in [4.78, 5) is 4.51. The molecule has 5 aromatic rings. The van der Waals surface area contributed by atoms with Gasteiger partial charge < -0.3 is 4.40 Å². The number of fused-ring (bicyclic) bond motifs is 7. The zero-order valence-corrected chi connectivity index (χ0v) is 14.0. The molecule has 0 saturated carbocycles. The van der Waals surface area contributed by atoms with Crippen LogP contribution in [0.25, 0.3) is 38.1 Å². The summed E-state index contributed by atoms with van der Waals surface area (Å²) in [6.07, 6.45) is 3.87. The van der Waals surface area contributed by atoms with Gasteiger partial charge in [-0.2, -0.15) is 0 Å². The molecule has 2 nitrogen and oxygen atoms in total. The number of pyridine rings is 1. The second-order valence-electron chi connectivity index (χ2n) is 5.30. The third-order valence-corrected chi connectivity index (χ3v) is 4.13. The molecule has 0 amide bonds. The van der Waals surface area contributed by atoms with Crippen molar-refractivity contribution in [3.05, 3.63) is 73.1 Å². The third-order valence-electron chi connectivity index (χ3n) is 4.13. The minimum atomic E-state index is 0. The molecular weight excluding hydrogens is 448 g/mol. The fourth-order valence-corrected chi connectivity index (χ4v) is 3.17. The van der Waals surface area contributed by atoms with E-state index >= 15 is 0 Å². The van der Waals surface area contributed by atoms with E-state index in [0.29, 0.717) is 0 Å². The van der Waals surface area contributed by atoms with Gasteiger partial charge in [-0.1, -0.05) is 35.7 Å². The second-order valence-corrected chi connectivity index (χ2v) is 5.30. The Morgan fingerprint density at radius 2 is 1.73 bits per heavy atom. The second kappa shape index (κ2) is 4.91. The first-order chi connectivity index (χ1) is 10.4. The zero-order valence-electron chi connectivity index (χ0n) is 11.6. The van der Waals surface area contributed by atoms with Gasteiger partial charge in [0, 0.05) is 38.0 Å². The SMILES string of the molecule is [Ir].[c-]1cccc2c1c1nccn1c1cc3ccccc3cc21. The number of hydrogen-bond acceptors (Lipinski definition) is 1. The van der Waals surface area contributed by atoms with Gasteiger partial charge in [-0.15, -0.1) is 29.7 Å². The predicted octanol–water partition coefficient (Wildman–Crippen LogP) is 4.59. The molecule has 0 atom stereocenters. The maximum Gasteiger partial charge on any atom is 0.0608 e. The van der Waals surface area contributed by atoms with Crippen LogP contribution in [-0.2, 0) is 20.1 Å². The summed E-state index contributed by atoms with van der Waals surface area (Å²) >= 11 is 0. The van der Waals surface area contributed by atoms with E-state index in [2.05, 4.69) is 57.9 Å². The zero-order chi connectivity index (χ0) is 13.8. The fraction of sp³-hybridized carbons (Fsp3) is 0. The molecule has 0 N–H and O–H groups in total. The monoisotopic (exact) mass is 460 g/mol. The van der Waals surface area contributed by atoms with Gasteiger partial charge in [-0.3, -0.25) is 4.98 Å². The molecule has 0 bridgehead atoms. The molecule has 22 heavy (non-hydrogen) atoms. The Balaban J connectivity index is 0.00000125. The summed E-state index contributed by atoms with van der Waals surface area (Å²) < 4.78 is 2.15. The van der Waals surface area contributed by atoms with Gasteiger partial charge in [0.05, 0.1) is 5.65 Å². The van der Waals surface area contributed by atoms with Crippen LogP contribution in [-0.4, -0.2) is 9.38 Å². The van der Waals surface area contributed by atoms with E-state index in [1.54, 1.807) is 0 Å². The van der Waals surface area contributed by atoms with Crippen molar-refractivity contribution in [2.24, 2.45) is 0 Å². The number of benzene rings is 3. The van der Waals surface area contributed by atoms with E-state index in [-0.39, 0.29) is 20.1 Å². The quantitative estimate of drug-likeness (QED) is 0.188. The van der Waals surface area contributed by atoms with Crippen molar-refractivity contribution in [1.29, 1.82) is 0 Å². The van der Waals surface area contributed by atoms with Crippen LogP contribution in [0, 0.1) is 6.07 Å². The van der Waals surface area contributed by atoms with Gasteiger partial charge >= 0.3 is 0 Å². The number of hydrogen-bond donors (Lipinski definition) is 0. The third kappa shape index (κ3) is 1.73. The molecular formula is C19H11IrN2-. The van der Waals surface area contributed by atoms with Crippen LogP contribution in [0.3, 0.4) is 0 Å². The average Bonchev–Trinajstić information content (AvgIpc) is 3.03. The van der Waals surface area contributed by atoms with Crippen molar-refractivity contribution in [2.75, 3.05) is 0 Å². The van der Waals surface area contributed by atoms with Crippen LogP contribution >= 0.6 is 0 Å². The molecule has 0 spiro atoms. The van der Waals surface area contributed by atoms with Gasteiger partial charge in [-0.05, 0) is 22.2 Å². The maximum absolute atomic E-state index is 4.51. The van der Waals surface area contributed by atoms with Crippen molar-refractivity contribution in [3.8, 4) is 0 Å². The Morgan fingerprint density at radius 3 is 2.59 bits per heavy atom. The van der Waals surface area contributed by atoms with Crippen LogP contribution in [0.15, 0.2) is 67.0 Å². The van der Waals surface area contributed by atoms with Crippen LogP contribution < -0.4 is 0 Å². The van der Waals surface area contributed by atoms with Crippen molar-refractivity contribution in [3.63, 3.8) is 0 Å². The minimum absolute atomic E-state index is 0. The first-order valence-electron chi connectivity index (χ1n) is 7.00. The number of rotatable bonds is 0. The van der Waals surface area contributed by atoms with E-state index in [0.717, 1.165) is 11.0 Å². The Hall–Kier alpha value is -2.22. The van der Waals surface area contributed by atoms with Gasteiger partial charge in [0.25, 0.3) is 0 Å². The molecule has 0 aliphatic carbocycles. The maximum atomic E-state index is 4.51. The van der Waals surface area contributed by atoms with Crippen molar-refractivity contribution < 1.29 is 20.1 Å². The molecule has 5 rings (SSSR count). The predicted molar refractivity (Wildman–Crippen MR) is 86.5 cm³/mol. The summed E-state index contributed by atoms with van der Waals surface area (Å²) in [7, 11) is 0. The van der Waals surface area contributed by atoms with Crippen molar-refractivity contribution in [2.45, 2.75) is 0 Å². The number of aromatic nitrogens is 2. The average molecular weight is 460 g/mol. The number of imidazole rings is 1. The van der Waals surface area contributed by atoms with Gasteiger partial charge in [0.15, 0.2) is 0 Å². The minimum Gasteiger partial charge on any atom is -0.340 e. The molecule has 0 fully saturated rings. The van der Waals surface area contributed by atoms with Crippen LogP contribution in [0.1, 0.15) is 0 Å². The van der Waals surface area contributed by atoms with Crippen molar-refractivity contribution in [1.82, 2.24) is 9.38 Å². The summed E-state index contributed by atoms with van der Waals surface area (Å²) in [5, 5.41) is 6.03. The molecule has 3 aromatic carbocycles. The molecule has 0 unspecified atom stereocenters. The first-order valence-corrected chi connectivity index (χ1v) is 7.00. The molecule has 2 aromatic heterocycles. The Bertz CT molecular complexity index is 1140. The molecule has 0 saturated heterocycles. The van der Waals surface area contributed by atoms with Gasteiger partial charge in [0.2, 0.25) is 0 Å². The fourth-order valence-electron chi connectivity index (χ4n) is 3.17. The molecule has 0 aliphatic rings. The van der Waals surface area contributed by atoms with Crippen LogP contribution in [0.4, 0.5) is 0 Å². The summed E-state index contributed by atoms with van der Waals surface area (Å²) in [5.74, 6) is 0. The van der Waals surface area contributed by atoms with E-state index in [9.17, 15) is 0 Å². The standard InChI is InChI=1S/C19H11N2.Ir/c1-2-6-14-12-18-17(11-13(14)5-1)15-7-3-4-8-16(15)19-20-9-10-21(18)19;/h1-7,9-12H;/q-1;. The first kappa shape index (κ1) is 13.4. The Kier molecular flexibility index (Phi) is 3.00. The largest absolute Gasteiger partial charge is 0.340 e. The van der Waals surface area contributed by atoms with Crippen molar-refractivity contribution >= 4 is 38.1 Å². The summed E-state index contributed by atoms with van der Waals surface area (Å²) in [6, 6.07) is 22.4. The van der Waals surface area contributed by atoms with Crippen LogP contribution in [0.5, 0.6) is 0 Å². The number of nitrogens with zero attached hydrogens (tertiary/aromatic N) is 2. The Morgan fingerprint density at radius 1 is 0.909 bits per heavy atom. The van der Waals surface area contributed by atoms with E-state index in [4.69, 9.17) is 0 Å². The van der Waals surface area contributed by atoms with E-state index in [1.807, 2.05) is 24.5 Å². The summed E-state index contributed by atoms with van der Waals surface area (Å²) in [6.45, 7) is 0. The van der Waals surface area contributed by atoms with E-state index in [1.165, 1.54) is 27.1 Å². The van der Waals surface area contributed by atoms with Gasteiger partial charge in [0.1, 0.15) is 0 Å². The molecule has 1 radical (unpaired) electrons. The molecule has 0 aliphatic heterocycles. The molecule has 3 heteroatoms. The molecule has 107 valence electrons. The van der Waals surface area contributed by atoms with E-state index < -0.39 is 0 Å².